The first kappa shape index (κ1) is 10.4. The minimum atomic E-state index is -0.301. The van der Waals surface area contributed by atoms with Crippen LogP contribution >= 0.6 is 0 Å². The summed E-state index contributed by atoms with van der Waals surface area (Å²) in [5.41, 5.74) is 0. The topological polar surface area (TPSA) is 20.2 Å². The minimum Gasteiger partial charge on any atom is -0.389 e. The van der Waals surface area contributed by atoms with Crippen molar-refractivity contribution in [1.82, 2.24) is 0 Å². The largest absolute Gasteiger partial charge is 0.389 e. The second-order valence-electron chi connectivity index (χ2n) is 2.63. The molecule has 0 aromatic heterocycles. The highest BCUT2D eigenvalue weighted by Crippen LogP contribution is 1.95. The van der Waals surface area contributed by atoms with Crippen molar-refractivity contribution in [2.24, 2.45) is 0 Å². The number of hydrogen-bond donors (Lipinski definition) is 1. The second-order valence-corrected chi connectivity index (χ2v) is 2.63. The van der Waals surface area contributed by atoms with Crippen molar-refractivity contribution >= 4 is 0 Å². The lowest BCUT2D eigenvalue weighted by atomic mass is 10.2. The van der Waals surface area contributed by atoms with Crippen molar-refractivity contribution in [2.75, 3.05) is 0 Å². The number of unbranched alkanes of at least 4 members (excludes halogenated alkanes) is 1. The van der Waals surface area contributed by atoms with Gasteiger partial charge in [-0.2, -0.15) is 0 Å². The quantitative estimate of drug-likeness (QED) is 0.477. The first-order chi connectivity index (χ1) is 5.27. The highest BCUT2D eigenvalue weighted by atomic mass is 16.3. The predicted molar refractivity (Wildman–Crippen MR) is 49.5 cm³/mol. The van der Waals surface area contributed by atoms with Gasteiger partial charge in [-0.25, -0.2) is 0 Å². The zero-order valence-corrected chi connectivity index (χ0v) is 7.46. The molecule has 0 saturated heterocycles. The lowest BCUT2D eigenvalue weighted by Gasteiger charge is -1.91. The van der Waals surface area contributed by atoms with E-state index < -0.39 is 0 Å². The van der Waals surface area contributed by atoms with E-state index in [1.807, 2.05) is 12.2 Å². The average molecular weight is 154 g/mol. The summed E-state index contributed by atoms with van der Waals surface area (Å²) in [5.74, 6) is 0. The number of aliphatic hydroxyl groups is 1. The summed E-state index contributed by atoms with van der Waals surface area (Å²) in [6.07, 6.45) is 11.1. The van der Waals surface area contributed by atoms with Crippen molar-refractivity contribution in [1.29, 1.82) is 0 Å². The van der Waals surface area contributed by atoms with Gasteiger partial charge in [0.15, 0.2) is 0 Å². The lowest BCUT2D eigenvalue weighted by molar-refractivity contribution is 0.244. The standard InChI is InChI=1S/C10H18O/c1-3-4-5-6-7-8-9-10(2)11/h4-5,8-11H,3,6-7H2,1-2H3. The van der Waals surface area contributed by atoms with Crippen molar-refractivity contribution in [3.63, 3.8) is 0 Å². The van der Waals surface area contributed by atoms with Gasteiger partial charge in [0.2, 0.25) is 0 Å². The van der Waals surface area contributed by atoms with Crippen LogP contribution in [-0.4, -0.2) is 11.2 Å². The highest BCUT2D eigenvalue weighted by molar-refractivity contribution is 4.89. The molecule has 11 heavy (non-hydrogen) atoms. The maximum atomic E-state index is 8.85. The van der Waals surface area contributed by atoms with Crippen LogP contribution in [-0.2, 0) is 0 Å². The molecule has 0 aliphatic rings. The van der Waals surface area contributed by atoms with Gasteiger partial charge in [0.05, 0.1) is 6.10 Å². The zero-order valence-electron chi connectivity index (χ0n) is 7.46. The molecule has 0 spiro atoms. The first-order valence-corrected chi connectivity index (χ1v) is 4.27. The van der Waals surface area contributed by atoms with Crippen LogP contribution in [0.25, 0.3) is 0 Å². The first-order valence-electron chi connectivity index (χ1n) is 4.27. The Morgan fingerprint density at radius 1 is 1.18 bits per heavy atom. The normalized spacial score (nSPS) is 14.8. The van der Waals surface area contributed by atoms with Gasteiger partial charge in [0, 0.05) is 0 Å². The van der Waals surface area contributed by atoms with Gasteiger partial charge in [-0.05, 0) is 26.2 Å². The number of rotatable bonds is 5. The monoisotopic (exact) mass is 154 g/mol. The van der Waals surface area contributed by atoms with Gasteiger partial charge < -0.3 is 5.11 Å². The Balaban J connectivity index is 3.20. The third-order valence-electron chi connectivity index (χ3n) is 1.32. The summed E-state index contributed by atoms with van der Waals surface area (Å²) < 4.78 is 0. The average Bonchev–Trinajstić information content (AvgIpc) is 1.96. The molecule has 1 unspecified atom stereocenters. The summed E-state index contributed by atoms with van der Waals surface area (Å²) in [6.45, 7) is 3.89. The van der Waals surface area contributed by atoms with E-state index in [0.717, 1.165) is 19.3 Å². The fourth-order valence-corrected chi connectivity index (χ4v) is 0.770. The van der Waals surface area contributed by atoms with Gasteiger partial charge in [-0.15, -0.1) is 0 Å². The molecule has 0 aliphatic heterocycles. The molecular weight excluding hydrogens is 136 g/mol. The van der Waals surface area contributed by atoms with Crippen LogP contribution in [0.4, 0.5) is 0 Å². The molecule has 0 rings (SSSR count). The number of aliphatic hydroxyl groups excluding tert-OH is 1. The molecule has 0 aromatic rings. The Kier molecular flexibility index (Phi) is 7.16. The number of hydrogen-bond acceptors (Lipinski definition) is 1. The summed E-state index contributed by atoms with van der Waals surface area (Å²) >= 11 is 0. The summed E-state index contributed by atoms with van der Waals surface area (Å²) in [6, 6.07) is 0. The molecule has 1 N–H and O–H groups in total. The van der Waals surface area contributed by atoms with Crippen LogP contribution in [0.1, 0.15) is 33.1 Å². The molecule has 1 atom stereocenters. The summed E-state index contributed by atoms with van der Waals surface area (Å²) in [4.78, 5) is 0. The van der Waals surface area contributed by atoms with Crippen molar-refractivity contribution < 1.29 is 5.11 Å². The Hall–Kier alpha value is -0.560. The lowest BCUT2D eigenvalue weighted by Crippen LogP contribution is -1.90. The van der Waals surface area contributed by atoms with Gasteiger partial charge in [-0.3, -0.25) is 0 Å². The molecule has 0 radical (unpaired) electrons. The Bertz CT molecular complexity index is 123. The Morgan fingerprint density at radius 2 is 1.82 bits per heavy atom. The zero-order chi connectivity index (χ0) is 8.53. The van der Waals surface area contributed by atoms with Crippen molar-refractivity contribution in [2.45, 2.75) is 39.2 Å². The SMILES string of the molecule is CCC=CCCC=CC(C)O. The van der Waals surface area contributed by atoms with E-state index in [4.69, 9.17) is 5.11 Å². The smallest absolute Gasteiger partial charge is 0.0692 e. The van der Waals surface area contributed by atoms with E-state index in [2.05, 4.69) is 19.1 Å². The second kappa shape index (κ2) is 7.55. The third-order valence-corrected chi connectivity index (χ3v) is 1.32. The van der Waals surface area contributed by atoms with E-state index in [9.17, 15) is 0 Å². The van der Waals surface area contributed by atoms with Crippen LogP contribution in [0.5, 0.6) is 0 Å². The molecular formula is C10H18O. The van der Waals surface area contributed by atoms with Gasteiger partial charge in [-0.1, -0.05) is 31.2 Å². The van der Waals surface area contributed by atoms with Crippen molar-refractivity contribution in [3.8, 4) is 0 Å². The Morgan fingerprint density at radius 3 is 2.36 bits per heavy atom. The molecule has 1 heteroatoms. The maximum Gasteiger partial charge on any atom is 0.0692 e. The van der Waals surface area contributed by atoms with Gasteiger partial charge >= 0.3 is 0 Å². The maximum absolute atomic E-state index is 8.85. The van der Waals surface area contributed by atoms with Gasteiger partial charge in [0.25, 0.3) is 0 Å². The fourth-order valence-electron chi connectivity index (χ4n) is 0.770. The van der Waals surface area contributed by atoms with E-state index in [1.165, 1.54) is 0 Å². The molecule has 0 fully saturated rings. The molecule has 0 aliphatic carbocycles. The number of allylic oxidation sites excluding steroid dienone is 3. The third kappa shape index (κ3) is 9.44. The summed E-state index contributed by atoms with van der Waals surface area (Å²) in [5, 5.41) is 8.85. The molecule has 0 bridgehead atoms. The van der Waals surface area contributed by atoms with Crippen LogP contribution in [0.3, 0.4) is 0 Å². The minimum absolute atomic E-state index is 0.301. The predicted octanol–water partition coefficient (Wildman–Crippen LogP) is 2.67. The molecule has 0 amide bonds. The van der Waals surface area contributed by atoms with E-state index in [1.54, 1.807) is 6.92 Å². The van der Waals surface area contributed by atoms with Crippen LogP contribution in [0.15, 0.2) is 24.3 Å². The van der Waals surface area contributed by atoms with Crippen LogP contribution < -0.4 is 0 Å². The highest BCUT2D eigenvalue weighted by Gasteiger charge is 1.82. The van der Waals surface area contributed by atoms with Gasteiger partial charge in [0.1, 0.15) is 0 Å². The van der Waals surface area contributed by atoms with Crippen molar-refractivity contribution in [3.05, 3.63) is 24.3 Å². The molecule has 64 valence electrons. The molecule has 0 heterocycles. The van der Waals surface area contributed by atoms with Crippen LogP contribution in [0.2, 0.25) is 0 Å². The fraction of sp³-hybridized carbons (Fsp3) is 0.600. The molecule has 0 saturated carbocycles. The molecule has 0 aromatic carbocycles. The van der Waals surface area contributed by atoms with E-state index in [-0.39, 0.29) is 6.10 Å². The van der Waals surface area contributed by atoms with E-state index in [0.29, 0.717) is 0 Å². The van der Waals surface area contributed by atoms with Crippen LogP contribution in [0, 0.1) is 0 Å². The molecule has 1 nitrogen and oxygen atoms in total. The summed E-state index contributed by atoms with van der Waals surface area (Å²) in [7, 11) is 0. The van der Waals surface area contributed by atoms with E-state index >= 15 is 0 Å². The Labute approximate surface area is 69.4 Å².